The van der Waals surface area contributed by atoms with E-state index >= 15 is 0 Å². The third-order valence-corrected chi connectivity index (χ3v) is 6.18. The molecular weight excluding hydrogens is 455 g/mol. The van der Waals surface area contributed by atoms with E-state index in [0.29, 0.717) is 26.2 Å². The molecule has 0 amide bonds. The quantitative estimate of drug-likeness (QED) is 0.275. The van der Waals surface area contributed by atoms with E-state index in [1.807, 2.05) is 5.48 Å². The highest BCUT2D eigenvalue weighted by molar-refractivity contribution is 7.89. The maximum Gasteiger partial charge on any atom is 0.212 e. The number of hydroxylamine groups is 1. The van der Waals surface area contributed by atoms with E-state index in [1.165, 1.54) is 12.1 Å². The van der Waals surface area contributed by atoms with Crippen molar-refractivity contribution in [2.75, 3.05) is 38.6 Å². The van der Waals surface area contributed by atoms with Gasteiger partial charge in [0.2, 0.25) is 10.0 Å². The minimum atomic E-state index is -3.58. The van der Waals surface area contributed by atoms with Crippen LogP contribution in [-0.2, 0) is 21.3 Å². The van der Waals surface area contributed by atoms with Crippen LogP contribution in [0.15, 0.2) is 27.8 Å². The van der Waals surface area contributed by atoms with Crippen LogP contribution in [0.3, 0.4) is 0 Å². The van der Waals surface area contributed by atoms with Gasteiger partial charge in [-0.3, -0.25) is 15.6 Å². The normalized spacial score (nSPS) is 15.9. The summed E-state index contributed by atoms with van der Waals surface area (Å²) in [5, 5.41) is 16.6. The molecule has 0 unspecified atom stereocenters. The third-order valence-electron chi connectivity index (χ3n) is 4.48. The van der Waals surface area contributed by atoms with Gasteiger partial charge in [-0.25, -0.2) is 27.2 Å². The lowest BCUT2D eigenvalue weighted by atomic mass is 10.3. The Labute approximate surface area is 183 Å². The monoisotopic (exact) mass is 476 g/mol. The second-order valence-electron chi connectivity index (χ2n) is 6.68. The molecule has 1 saturated heterocycles. The zero-order valence-corrected chi connectivity index (χ0v) is 18.0. The summed E-state index contributed by atoms with van der Waals surface area (Å²) in [6, 6.07) is 3.70. The summed E-state index contributed by atoms with van der Waals surface area (Å²) in [6.07, 6.45) is 0.468. The Bertz CT molecular complexity index is 1010. The number of aliphatic imine (C=N–C) groups is 1. The maximum absolute atomic E-state index is 13.3. The van der Waals surface area contributed by atoms with Crippen molar-refractivity contribution in [1.29, 1.82) is 0 Å². The molecule has 31 heavy (non-hydrogen) atoms. The van der Waals surface area contributed by atoms with Crippen molar-refractivity contribution in [3.8, 4) is 0 Å². The number of ether oxygens (including phenoxy) is 1. The molecule has 0 atom stereocenters. The third kappa shape index (κ3) is 6.92. The van der Waals surface area contributed by atoms with Gasteiger partial charge in [0, 0.05) is 13.1 Å². The number of nitrogens with one attached hydrogen (secondary N) is 2. The number of halogens is 2. The topological polar surface area (TPSA) is 142 Å². The first-order valence-electron chi connectivity index (χ1n) is 9.41. The predicted octanol–water partition coefficient (Wildman–Crippen LogP) is 1.06. The summed E-state index contributed by atoms with van der Waals surface area (Å²) in [5.41, 5.74) is 2.16. The van der Waals surface area contributed by atoms with E-state index in [4.69, 9.17) is 16.3 Å². The van der Waals surface area contributed by atoms with Crippen LogP contribution in [0.4, 0.5) is 10.1 Å². The van der Waals surface area contributed by atoms with Gasteiger partial charge in [0.1, 0.15) is 11.5 Å². The maximum atomic E-state index is 13.3. The Balaban J connectivity index is 1.60. The van der Waals surface area contributed by atoms with E-state index in [0.717, 1.165) is 19.2 Å². The highest BCUT2D eigenvalue weighted by atomic mass is 35.5. The molecule has 3 rings (SSSR count). The van der Waals surface area contributed by atoms with Gasteiger partial charge in [-0.05, 0) is 36.3 Å². The van der Waals surface area contributed by atoms with E-state index in [-0.39, 0.29) is 40.2 Å². The van der Waals surface area contributed by atoms with Crippen LogP contribution in [0.5, 0.6) is 0 Å². The van der Waals surface area contributed by atoms with Crippen LogP contribution in [0.1, 0.15) is 17.8 Å². The molecule has 170 valence electrons. The van der Waals surface area contributed by atoms with Crippen LogP contribution in [0.25, 0.3) is 0 Å². The highest BCUT2D eigenvalue weighted by Crippen LogP contribution is 2.22. The molecule has 14 heteroatoms. The largest absolute Gasteiger partial charge is 0.379 e. The number of nitrogens with zero attached hydrogens (tertiary/aromatic N) is 4. The first-order chi connectivity index (χ1) is 14.9. The standard InChI is InChI=1S/C17H22ClFN6O5S/c18-13-10-12(2-3-14(13)19)21-17(22-26)16-15(23-30-24-16)11-20-31(27,28)9-1-4-25-5-7-29-8-6-25/h2-3,10,20,26H,1,4-9,11H2,(H,21,22). The van der Waals surface area contributed by atoms with Crippen molar-refractivity contribution in [1.82, 2.24) is 25.4 Å². The molecule has 0 radical (unpaired) electrons. The predicted molar refractivity (Wildman–Crippen MR) is 109 cm³/mol. The SMILES string of the molecule is O=S(=O)(CCCN1CCOCC1)NCc1nonc1C(=Nc1ccc(F)c(Cl)c1)NO. The molecule has 1 aliphatic rings. The smallest absolute Gasteiger partial charge is 0.212 e. The molecule has 1 fully saturated rings. The molecule has 1 aromatic heterocycles. The zero-order valence-electron chi connectivity index (χ0n) is 16.4. The summed E-state index contributed by atoms with van der Waals surface area (Å²) in [7, 11) is -3.58. The average Bonchev–Trinajstić information content (AvgIpc) is 3.22. The van der Waals surface area contributed by atoms with E-state index in [9.17, 15) is 18.0 Å². The van der Waals surface area contributed by atoms with Crippen LogP contribution in [-0.4, -0.2) is 73.3 Å². The zero-order chi connectivity index (χ0) is 22.3. The van der Waals surface area contributed by atoms with Gasteiger partial charge in [-0.2, -0.15) is 0 Å². The van der Waals surface area contributed by atoms with Gasteiger partial charge >= 0.3 is 0 Å². The van der Waals surface area contributed by atoms with E-state index < -0.39 is 15.8 Å². The molecule has 2 heterocycles. The molecule has 3 N–H and O–H groups in total. The minimum Gasteiger partial charge on any atom is -0.379 e. The van der Waals surface area contributed by atoms with Crippen molar-refractivity contribution in [2.45, 2.75) is 13.0 Å². The Morgan fingerprint density at radius 1 is 1.32 bits per heavy atom. The van der Waals surface area contributed by atoms with Gasteiger partial charge in [-0.15, -0.1) is 0 Å². The van der Waals surface area contributed by atoms with Crippen molar-refractivity contribution in [2.24, 2.45) is 4.99 Å². The molecule has 1 aromatic carbocycles. The van der Waals surface area contributed by atoms with Crippen LogP contribution >= 0.6 is 11.6 Å². The fourth-order valence-electron chi connectivity index (χ4n) is 2.87. The Kier molecular flexibility index (Phi) is 8.28. The van der Waals surface area contributed by atoms with Crippen LogP contribution < -0.4 is 10.2 Å². The number of benzene rings is 1. The van der Waals surface area contributed by atoms with Crippen molar-refractivity contribution < 1.29 is 27.4 Å². The summed E-state index contributed by atoms with van der Waals surface area (Å²) in [5.74, 6) is -0.852. The molecule has 0 bridgehead atoms. The summed E-state index contributed by atoms with van der Waals surface area (Å²) < 4.78 is 50.3. The average molecular weight is 477 g/mol. The summed E-state index contributed by atoms with van der Waals surface area (Å²) in [6.45, 7) is 3.32. The molecule has 11 nitrogen and oxygen atoms in total. The molecule has 0 aliphatic carbocycles. The minimum absolute atomic E-state index is 0.0148. The van der Waals surface area contributed by atoms with Crippen molar-refractivity contribution in [3.63, 3.8) is 0 Å². The Morgan fingerprint density at radius 3 is 2.81 bits per heavy atom. The van der Waals surface area contributed by atoms with E-state index in [1.54, 1.807) is 0 Å². The molecule has 0 saturated carbocycles. The molecular formula is C17H22ClFN6O5S. The number of amidine groups is 1. The Hall–Kier alpha value is -2.16. The highest BCUT2D eigenvalue weighted by Gasteiger charge is 2.20. The molecule has 1 aliphatic heterocycles. The van der Waals surface area contributed by atoms with Gasteiger partial charge in [0.15, 0.2) is 11.5 Å². The number of morpholine rings is 1. The number of hydrogen-bond acceptors (Lipinski definition) is 9. The summed E-state index contributed by atoms with van der Waals surface area (Å²) in [4.78, 5) is 6.23. The first-order valence-corrected chi connectivity index (χ1v) is 11.4. The second kappa shape index (κ2) is 10.9. The van der Waals surface area contributed by atoms with E-state index in [2.05, 4.69) is 29.6 Å². The first kappa shape index (κ1) is 23.5. The lowest BCUT2D eigenvalue weighted by Crippen LogP contribution is -2.38. The van der Waals surface area contributed by atoms with Crippen molar-refractivity contribution >= 4 is 33.1 Å². The van der Waals surface area contributed by atoms with Crippen LogP contribution in [0, 0.1) is 5.82 Å². The number of rotatable bonds is 9. The number of sulfonamides is 1. The Morgan fingerprint density at radius 2 is 2.10 bits per heavy atom. The fraction of sp³-hybridized carbons (Fsp3) is 0.471. The number of aromatic nitrogens is 2. The van der Waals surface area contributed by atoms with Crippen LogP contribution in [0.2, 0.25) is 5.02 Å². The molecule has 2 aromatic rings. The summed E-state index contributed by atoms with van der Waals surface area (Å²) >= 11 is 5.73. The van der Waals surface area contributed by atoms with Gasteiger partial charge < -0.3 is 4.74 Å². The van der Waals surface area contributed by atoms with Gasteiger partial charge in [-0.1, -0.05) is 16.8 Å². The lowest BCUT2D eigenvalue weighted by Gasteiger charge is -2.26. The molecule has 0 spiro atoms. The lowest BCUT2D eigenvalue weighted by molar-refractivity contribution is 0.0381. The van der Waals surface area contributed by atoms with Crippen molar-refractivity contribution in [3.05, 3.63) is 40.4 Å². The van der Waals surface area contributed by atoms with Gasteiger partial charge in [0.25, 0.3) is 0 Å². The number of hydrogen-bond donors (Lipinski definition) is 3. The fourth-order valence-corrected chi connectivity index (χ4v) is 4.06. The second-order valence-corrected chi connectivity index (χ2v) is 9.01. The van der Waals surface area contributed by atoms with Gasteiger partial charge in [0.05, 0.1) is 36.2 Å².